The summed E-state index contributed by atoms with van der Waals surface area (Å²) >= 11 is 1.65. The van der Waals surface area contributed by atoms with E-state index in [2.05, 4.69) is 23.8 Å². The van der Waals surface area contributed by atoms with Gasteiger partial charge in [-0.25, -0.2) is 4.98 Å². The van der Waals surface area contributed by atoms with Crippen molar-refractivity contribution < 1.29 is 0 Å². The largest absolute Gasteiger partial charge is 0.387 e. The van der Waals surface area contributed by atoms with Gasteiger partial charge in [0.2, 0.25) is 0 Å². The van der Waals surface area contributed by atoms with Gasteiger partial charge >= 0.3 is 0 Å². The lowest BCUT2D eigenvalue weighted by Crippen LogP contribution is -2.16. The third kappa shape index (κ3) is 3.87. The Labute approximate surface area is 89.1 Å². The summed E-state index contributed by atoms with van der Waals surface area (Å²) in [5.41, 5.74) is 6.80. The smallest absolute Gasteiger partial charge is 0.0997 e. The molecule has 0 unspecified atom stereocenters. The molecule has 14 heavy (non-hydrogen) atoms. The predicted octanol–water partition coefficient (Wildman–Crippen LogP) is 2.01. The zero-order chi connectivity index (χ0) is 10.6. The van der Waals surface area contributed by atoms with Crippen molar-refractivity contribution in [3.63, 3.8) is 0 Å². The molecule has 0 aliphatic carbocycles. The Morgan fingerprint density at radius 2 is 2.36 bits per heavy atom. The number of aryl methyl sites for hydroxylation is 1. The van der Waals surface area contributed by atoms with Crippen molar-refractivity contribution in [1.29, 1.82) is 0 Å². The number of nitrogens with zero attached hydrogens (tertiary/aromatic N) is 2. The quantitative estimate of drug-likeness (QED) is 0.612. The average molecular weight is 211 g/mol. The van der Waals surface area contributed by atoms with E-state index in [1.54, 1.807) is 11.3 Å². The highest BCUT2D eigenvalue weighted by Crippen LogP contribution is 2.08. The molecule has 1 rings (SSSR count). The van der Waals surface area contributed by atoms with E-state index in [-0.39, 0.29) is 0 Å². The van der Waals surface area contributed by atoms with Gasteiger partial charge in [0.15, 0.2) is 0 Å². The highest BCUT2D eigenvalue weighted by molar-refractivity contribution is 7.09. The van der Waals surface area contributed by atoms with Crippen LogP contribution in [0.25, 0.3) is 0 Å². The van der Waals surface area contributed by atoms with E-state index in [1.807, 2.05) is 12.3 Å². The molecule has 4 heteroatoms. The van der Waals surface area contributed by atoms with Crippen LogP contribution in [0.5, 0.6) is 0 Å². The minimum atomic E-state index is 0.561. The summed E-state index contributed by atoms with van der Waals surface area (Å²) in [5, 5.41) is 3.12. The molecule has 2 N–H and O–H groups in total. The van der Waals surface area contributed by atoms with Crippen LogP contribution in [-0.4, -0.2) is 17.4 Å². The molecular formula is C10H17N3S. The molecule has 0 saturated heterocycles. The Hall–Kier alpha value is -0.900. The highest BCUT2D eigenvalue weighted by Gasteiger charge is 2.01. The topological polar surface area (TPSA) is 51.3 Å². The molecule has 3 nitrogen and oxygen atoms in total. The maximum absolute atomic E-state index is 5.78. The molecule has 0 radical (unpaired) electrons. The van der Waals surface area contributed by atoms with E-state index in [0.29, 0.717) is 18.2 Å². The number of hydrogen-bond acceptors (Lipinski definition) is 3. The molecule has 0 spiro atoms. The lowest BCUT2D eigenvalue weighted by atomic mass is 10.2. The summed E-state index contributed by atoms with van der Waals surface area (Å²) in [6, 6.07) is 0. The van der Waals surface area contributed by atoms with Crippen molar-refractivity contribution >= 4 is 17.2 Å². The van der Waals surface area contributed by atoms with Gasteiger partial charge in [-0.15, -0.1) is 11.3 Å². The fourth-order valence-corrected chi connectivity index (χ4v) is 1.64. The fraction of sp³-hybridized carbons (Fsp3) is 0.600. The highest BCUT2D eigenvalue weighted by atomic mass is 32.1. The SMILES string of the molecule is Cc1nc(CC(N)=NCC(C)C)cs1. The van der Waals surface area contributed by atoms with E-state index < -0.39 is 0 Å². The molecule has 0 atom stereocenters. The van der Waals surface area contributed by atoms with Crippen molar-refractivity contribution in [3.8, 4) is 0 Å². The third-order valence-electron chi connectivity index (χ3n) is 1.69. The number of aromatic nitrogens is 1. The van der Waals surface area contributed by atoms with Gasteiger partial charge in [0.1, 0.15) is 0 Å². The Balaban J connectivity index is 2.48. The van der Waals surface area contributed by atoms with E-state index in [1.165, 1.54) is 0 Å². The first-order chi connectivity index (χ1) is 6.58. The van der Waals surface area contributed by atoms with Crippen LogP contribution in [0.15, 0.2) is 10.4 Å². The summed E-state index contributed by atoms with van der Waals surface area (Å²) in [4.78, 5) is 8.62. The molecule has 1 aromatic heterocycles. The fourth-order valence-electron chi connectivity index (χ4n) is 1.03. The van der Waals surface area contributed by atoms with Crippen LogP contribution in [0, 0.1) is 12.8 Å². The number of hydrogen-bond donors (Lipinski definition) is 1. The first-order valence-electron chi connectivity index (χ1n) is 4.77. The Morgan fingerprint density at radius 3 is 2.86 bits per heavy atom. The Kier molecular flexibility index (Phi) is 4.07. The normalized spacial score (nSPS) is 12.4. The number of nitrogens with two attached hydrogens (primary N) is 1. The van der Waals surface area contributed by atoms with Gasteiger partial charge in [-0.3, -0.25) is 4.99 Å². The maximum atomic E-state index is 5.78. The van der Waals surface area contributed by atoms with Crippen LogP contribution in [0.1, 0.15) is 24.5 Å². The Morgan fingerprint density at radius 1 is 1.64 bits per heavy atom. The maximum Gasteiger partial charge on any atom is 0.0997 e. The van der Waals surface area contributed by atoms with E-state index in [4.69, 9.17) is 5.73 Å². The molecule has 1 heterocycles. The molecule has 0 aliphatic heterocycles. The minimum Gasteiger partial charge on any atom is -0.387 e. The first-order valence-corrected chi connectivity index (χ1v) is 5.65. The molecule has 0 aliphatic rings. The van der Waals surface area contributed by atoms with E-state index in [9.17, 15) is 0 Å². The molecular weight excluding hydrogens is 194 g/mol. The second kappa shape index (κ2) is 5.10. The molecule has 0 saturated carbocycles. The van der Waals surface area contributed by atoms with Crippen LogP contribution >= 0.6 is 11.3 Å². The number of aliphatic imine (C=N–C) groups is 1. The number of amidine groups is 1. The number of thiazole rings is 1. The minimum absolute atomic E-state index is 0.561. The lowest BCUT2D eigenvalue weighted by molar-refractivity contribution is 0.664. The zero-order valence-electron chi connectivity index (χ0n) is 8.95. The second-order valence-electron chi connectivity index (χ2n) is 3.76. The van der Waals surface area contributed by atoms with Crippen molar-refractivity contribution in [2.75, 3.05) is 6.54 Å². The van der Waals surface area contributed by atoms with Crippen LogP contribution < -0.4 is 5.73 Å². The molecule has 0 amide bonds. The second-order valence-corrected chi connectivity index (χ2v) is 4.82. The molecule has 0 bridgehead atoms. The molecule has 78 valence electrons. The van der Waals surface area contributed by atoms with Crippen molar-refractivity contribution in [2.24, 2.45) is 16.6 Å². The van der Waals surface area contributed by atoms with Crippen LogP contribution in [0.4, 0.5) is 0 Å². The van der Waals surface area contributed by atoms with E-state index >= 15 is 0 Å². The summed E-state index contributed by atoms with van der Waals surface area (Å²) in [6.07, 6.45) is 0.678. The summed E-state index contributed by atoms with van der Waals surface area (Å²) < 4.78 is 0. The molecule has 1 aromatic rings. The van der Waals surface area contributed by atoms with E-state index in [0.717, 1.165) is 17.2 Å². The summed E-state index contributed by atoms with van der Waals surface area (Å²) in [7, 11) is 0. The standard InChI is InChI=1S/C10H17N3S/c1-7(2)5-12-10(11)4-9-6-14-8(3)13-9/h6-7H,4-5H2,1-3H3,(H2,11,12). The first kappa shape index (κ1) is 11.2. The van der Waals surface area contributed by atoms with Crippen molar-refractivity contribution in [1.82, 2.24) is 4.98 Å². The predicted molar refractivity (Wildman–Crippen MR) is 61.9 cm³/mol. The van der Waals surface area contributed by atoms with Crippen LogP contribution in [0.2, 0.25) is 0 Å². The van der Waals surface area contributed by atoms with Gasteiger partial charge in [0.25, 0.3) is 0 Å². The summed E-state index contributed by atoms with van der Waals surface area (Å²) in [6.45, 7) is 7.05. The third-order valence-corrected chi connectivity index (χ3v) is 2.51. The monoisotopic (exact) mass is 211 g/mol. The van der Waals surface area contributed by atoms with Gasteiger partial charge in [-0.2, -0.15) is 0 Å². The lowest BCUT2D eigenvalue weighted by Gasteiger charge is -2.01. The zero-order valence-corrected chi connectivity index (χ0v) is 9.77. The van der Waals surface area contributed by atoms with Gasteiger partial charge in [0, 0.05) is 18.3 Å². The molecule has 0 aromatic carbocycles. The van der Waals surface area contributed by atoms with Gasteiger partial charge in [-0.1, -0.05) is 13.8 Å². The average Bonchev–Trinajstić information content (AvgIpc) is 2.48. The molecule has 0 fully saturated rings. The van der Waals surface area contributed by atoms with Gasteiger partial charge in [-0.05, 0) is 12.8 Å². The van der Waals surface area contributed by atoms with Crippen molar-refractivity contribution in [3.05, 3.63) is 16.1 Å². The van der Waals surface area contributed by atoms with Crippen LogP contribution in [0.3, 0.4) is 0 Å². The van der Waals surface area contributed by atoms with Crippen molar-refractivity contribution in [2.45, 2.75) is 27.2 Å². The number of rotatable bonds is 4. The van der Waals surface area contributed by atoms with Gasteiger partial charge in [0.05, 0.1) is 16.5 Å². The van der Waals surface area contributed by atoms with Crippen LogP contribution in [-0.2, 0) is 6.42 Å². The Bertz CT molecular complexity index is 315. The summed E-state index contributed by atoms with van der Waals surface area (Å²) in [5.74, 6) is 1.25. The van der Waals surface area contributed by atoms with Gasteiger partial charge < -0.3 is 5.73 Å².